The summed E-state index contributed by atoms with van der Waals surface area (Å²) in [5.41, 5.74) is 0.0282. The van der Waals surface area contributed by atoms with Crippen LogP contribution in [0.25, 0.3) is 6.08 Å². The molecule has 0 radical (unpaired) electrons. The second-order valence-corrected chi connectivity index (χ2v) is 7.27. The van der Waals surface area contributed by atoms with Gasteiger partial charge >= 0.3 is 0 Å². The van der Waals surface area contributed by atoms with Crippen molar-refractivity contribution in [2.24, 2.45) is 5.92 Å². The Hall–Kier alpha value is -1.20. The number of aliphatic hydroxyl groups is 1. The summed E-state index contributed by atoms with van der Waals surface area (Å²) >= 11 is 1.58. The van der Waals surface area contributed by atoms with Crippen LogP contribution in [0, 0.1) is 5.92 Å². The number of nitrogens with one attached hydrogen (secondary N) is 1. The molecule has 2 N–H and O–H groups in total. The lowest BCUT2D eigenvalue weighted by Gasteiger charge is -2.14. The van der Waals surface area contributed by atoms with Gasteiger partial charge in [0.2, 0.25) is 5.91 Å². The monoisotopic (exact) mass is 296 g/mol. The molecule has 112 valence electrons. The fourth-order valence-electron chi connectivity index (χ4n) is 1.37. The number of hydrogen-bond acceptors (Lipinski definition) is 4. The molecule has 4 nitrogen and oxygen atoms in total. The molecule has 1 heterocycles. The van der Waals surface area contributed by atoms with Crippen molar-refractivity contribution in [1.29, 1.82) is 0 Å². The van der Waals surface area contributed by atoms with E-state index in [1.54, 1.807) is 23.6 Å². The summed E-state index contributed by atoms with van der Waals surface area (Å²) in [7, 11) is 0. The van der Waals surface area contributed by atoms with Crippen LogP contribution in [0.5, 0.6) is 0 Å². The third-order valence-electron chi connectivity index (χ3n) is 2.82. The molecule has 1 aromatic rings. The Morgan fingerprint density at radius 1 is 1.50 bits per heavy atom. The molecule has 0 spiro atoms. The van der Waals surface area contributed by atoms with E-state index < -0.39 is 6.10 Å². The zero-order chi connectivity index (χ0) is 15.3. The predicted molar refractivity (Wildman–Crippen MR) is 83.7 cm³/mol. The van der Waals surface area contributed by atoms with Crippen LogP contribution in [0.1, 0.15) is 44.5 Å². The Kier molecular flexibility index (Phi) is 5.89. The lowest BCUT2D eigenvalue weighted by atomic mass is 9.98. The van der Waals surface area contributed by atoms with Gasteiger partial charge < -0.3 is 10.4 Å². The molecular weight excluding hydrogens is 272 g/mol. The van der Waals surface area contributed by atoms with E-state index in [1.807, 2.05) is 13.8 Å². The topological polar surface area (TPSA) is 62.2 Å². The van der Waals surface area contributed by atoms with E-state index in [9.17, 15) is 9.90 Å². The Bertz CT molecular complexity index is 472. The Labute approximate surface area is 124 Å². The highest BCUT2D eigenvalue weighted by molar-refractivity contribution is 7.12. The molecule has 1 atom stereocenters. The molecule has 1 aromatic heterocycles. The molecule has 5 heteroatoms. The van der Waals surface area contributed by atoms with E-state index in [1.165, 1.54) is 6.08 Å². The number of hydrogen-bond donors (Lipinski definition) is 2. The zero-order valence-electron chi connectivity index (χ0n) is 12.8. The minimum absolute atomic E-state index is 0.0282. The van der Waals surface area contributed by atoms with Gasteiger partial charge in [0.1, 0.15) is 0 Å². The first-order chi connectivity index (χ1) is 9.20. The quantitative estimate of drug-likeness (QED) is 0.821. The summed E-state index contributed by atoms with van der Waals surface area (Å²) in [6, 6.07) is 0. The normalized spacial score (nSPS) is 13.9. The Morgan fingerprint density at radius 2 is 2.15 bits per heavy atom. The predicted octanol–water partition coefficient (Wildman–Crippen LogP) is 2.59. The summed E-state index contributed by atoms with van der Waals surface area (Å²) in [6.45, 7) is 10.4. The minimum atomic E-state index is -0.511. The van der Waals surface area contributed by atoms with Gasteiger partial charge in [-0.25, -0.2) is 4.98 Å². The molecule has 0 aliphatic rings. The van der Waals surface area contributed by atoms with E-state index in [2.05, 4.69) is 31.1 Å². The molecule has 0 aliphatic heterocycles. The number of amides is 1. The first-order valence-corrected chi connectivity index (χ1v) is 7.62. The second-order valence-electron chi connectivity index (χ2n) is 6.21. The molecule has 0 aromatic carbocycles. The number of rotatable bonds is 5. The van der Waals surface area contributed by atoms with Crippen molar-refractivity contribution < 1.29 is 9.90 Å². The van der Waals surface area contributed by atoms with Crippen LogP contribution in [0.15, 0.2) is 12.3 Å². The van der Waals surface area contributed by atoms with Gasteiger partial charge in [0.25, 0.3) is 0 Å². The number of carbonyl (C=O) groups is 1. The Morgan fingerprint density at radius 3 is 2.65 bits per heavy atom. The third kappa shape index (κ3) is 5.43. The summed E-state index contributed by atoms with van der Waals surface area (Å²) in [5, 5.41) is 13.3. The standard InChI is InChI=1S/C15H24N2O2S/c1-10(2)12(18)9-16-13(19)7-6-11-8-17-14(20-11)15(3,4)5/h6-8,10,12,18H,9H2,1-5H3,(H,16,19)/b7-6+. The average Bonchev–Trinajstić information content (AvgIpc) is 2.81. The van der Waals surface area contributed by atoms with Crippen molar-refractivity contribution in [2.75, 3.05) is 6.54 Å². The van der Waals surface area contributed by atoms with E-state index in [4.69, 9.17) is 0 Å². The molecule has 0 bridgehead atoms. The third-order valence-corrected chi connectivity index (χ3v) is 4.21. The Balaban J connectivity index is 2.51. The van der Waals surface area contributed by atoms with Crippen LogP contribution in [0.3, 0.4) is 0 Å². The molecule has 20 heavy (non-hydrogen) atoms. The minimum Gasteiger partial charge on any atom is -0.391 e. The maximum atomic E-state index is 11.6. The molecule has 1 amide bonds. The molecule has 0 saturated heterocycles. The van der Waals surface area contributed by atoms with Gasteiger partial charge in [0.05, 0.1) is 11.1 Å². The van der Waals surface area contributed by atoms with Crippen molar-refractivity contribution in [3.05, 3.63) is 22.2 Å². The maximum absolute atomic E-state index is 11.6. The van der Waals surface area contributed by atoms with Crippen LogP contribution in [-0.4, -0.2) is 28.6 Å². The van der Waals surface area contributed by atoms with Gasteiger partial charge in [0.15, 0.2) is 0 Å². The SMILES string of the molecule is CC(C)C(O)CNC(=O)/C=C/c1cnc(C(C)(C)C)s1. The van der Waals surface area contributed by atoms with Crippen molar-refractivity contribution >= 4 is 23.3 Å². The zero-order valence-corrected chi connectivity index (χ0v) is 13.6. The molecule has 1 rings (SSSR count). The van der Waals surface area contributed by atoms with Crippen molar-refractivity contribution in [3.8, 4) is 0 Å². The fourth-order valence-corrected chi connectivity index (χ4v) is 2.24. The summed E-state index contributed by atoms with van der Waals surface area (Å²) in [4.78, 5) is 16.9. The van der Waals surface area contributed by atoms with Crippen molar-refractivity contribution in [1.82, 2.24) is 10.3 Å². The maximum Gasteiger partial charge on any atom is 0.244 e. The lowest BCUT2D eigenvalue weighted by molar-refractivity contribution is -0.117. The van der Waals surface area contributed by atoms with Gasteiger partial charge in [-0.2, -0.15) is 0 Å². The number of aromatic nitrogens is 1. The lowest BCUT2D eigenvalue weighted by Crippen LogP contribution is -2.33. The highest BCUT2D eigenvalue weighted by Gasteiger charge is 2.17. The van der Waals surface area contributed by atoms with Gasteiger partial charge in [-0.05, 0) is 12.0 Å². The number of nitrogens with zero attached hydrogens (tertiary/aromatic N) is 1. The number of carbonyl (C=O) groups excluding carboxylic acids is 1. The van der Waals surface area contributed by atoms with E-state index in [-0.39, 0.29) is 23.8 Å². The highest BCUT2D eigenvalue weighted by atomic mass is 32.1. The van der Waals surface area contributed by atoms with Gasteiger partial charge in [0, 0.05) is 29.1 Å². The second kappa shape index (κ2) is 6.99. The van der Waals surface area contributed by atoms with Gasteiger partial charge in [-0.1, -0.05) is 34.6 Å². The summed E-state index contributed by atoms with van der Waals surface area (Å²) in [5.74, 6) is -0.0643. The van der Waals surface area contributed by atoms with E-state index in [0.29, 0.717) is 0 Å². The summed E-state index contributed by atoms with van der Waals surface area (Å²) in [6.07, 6.45) is 4.50. The number of aliphatic hydroxyl groups excluding tert-OH is 1. The van der Waals surface area contributed by atoms with Crippen molar-refractivity contribution in [2.45, 2.75) is 46.1 Å². The van der Waals surface area contributed by atoms with Crippen LogP contribution in [0.4, 0.5) is 0 Å². The molecular formula is C15H24N2O2S. The van der Waals surface area contributed by atoms with Crippen LogP contribution in [-0.2, 0) is 10.2 Å². The highest BCUT2D eigenvalue weighted by Crippen LogP contribution is 2.27. The van der Waals surface area contributed by atoms with Crippen LogP contribution in [0.2, 0.25) is 0 Å². The average molecular weight is 296 g/mol. The fraction of sp³-hybridized carbons (Fsp3) is 0.600. The number of thiazole rings is 1. The largest absolute Gasteiger partial charge is 0.391 e. The van der Waals surface area contributed by atoms with Gasteiger partial charge in [-0.15, -0.1) is 11.3 Å². The first-order valence-electron chi connectivity index (χ1n) is 6.80. The van der Waals surface area contributed by atoms with E-state index >= 15 is 0 Å². The molecule has 0 aliphatic carbocycles. The van der Waals surface area contributed by atoms with Crippen molar-refractivity contribution in [3.63, 3.8) is 0 Å². The van der Waals surface area contributed by atoms with Crippen LogP contribution >= 0.6 is 11.3 Å². The molecule has 0 saturated carbocycles. The molecule has 0 fully saturated rings. The summed E-state index contributed by atoms with van der Waals surface area (Å²) < 4.78 is 0. The van der Waals surface area contributed by atoms with Crippen LogP contribution < -0.4 is 5.32 Å². The first kappa shape index (κ1) is 16.9. The smallest absolute Gasteiger partial charge is 0.244 e. The van der Waals surface area contributed by atoms with Gasteiger partial charge in [-0.3, -0.25) is 4.79 Å². The molecule has 1 unspecified atom stereocenters. The van der Waals surface area contributed by atoms with E-state index in [0.717, 1.165) is 9.88 Å².